The highest BCUT2D eigenvalue weighted by atomic mass is 15.3. The Bertz CT molecular complexity index is 231. The maximum Gasteiger partial charge on any atom is 0.137 e. The first-order valence-corrected chi connectivity index (χ1v) is 4.43. The van der Waals surface area contributed by atoms with Gasteiger partial charge in [-0.25, -0.2) is 9.67 Å². The van der Waals surface area contributed by atoms with Crippen LogP contribution >= 0.6 is 0 Å². The zero-order valence-corrected chi connectivity index (χ0v) is 7.27. The Balaban J connectivity index is 2.13. The summed E-state index contributed by atoms with van der Waals surface area (Å²) in [5.41, 5.74) is 0. The summed E-state index contributed by atoms with van der Waals surface area (Å²) < 4.78 is 1.97. The van der Waals surface area contributed by atoms with Crippen molar-refractivity contribution in [3.63, 3.8) is 0 Å². The van der Waals surface area contributed by atoms with Gasteiger partial charge in [0.15, 0.2) is 0 Å². The average Bonchev–Trinajstić information content (AvgIpc) is 2.74. The van der Waals surface area contributed by atoms with Crippen molar-refractivity contribution < 1.29 is 0 Å². The van der Waals surface area contributed by atoms with Crippen molar-refractivity contribution in [1.82, 2.24) is 20.1 Å². The second-order valence-electron chi connectivity index (χ2n) is 3.27. The van der Waals surface area contributed by atoms with Crippen molar-refractivity contribution in [2.45, 2.75) is 31.3 Å². The molecule has 0 amide bonds. The van der Waals surface area contributed by atoms with Gasteiger partial charge in [0.2, 0.25) is 0 Å². The van der Waals surface area contributed by atoms with Crippen LogP contribution in [0, 0.1) is 0 Å². The van der Waals surface area contributed by atoms with E-state index >= 15 is 0 Å². The van der Waals surface area contributed by atoms with E-state index in [0.29, 0.717) is 12.1 Å². The van der Waals surface area contributed by atoms with Gasteiger partial charge in [0.1, 0.15) is 12.7 Å². The first-order valence-electron chi connectivity index (χ1n) is 4.43. The summed E-state index contributed by atoms with van der Waals surface area (Å²) in [4.78, 5) is 3.96. The number of rotatable bonds is 2. The quantitative estimate of drug-likeness (QED) is 0.699. The van der Waals surface area contributed by atoms with E-state index in [-0.39, 0.29) is 0 Å². The Morgan fingerprint density at radius 1 is 1.50 bits per heavy atom. The average molecular weight is 166 g/mol. The van der Waals surface area contributed by atoms with Crippen molar-refractivity contribution in [1.29, 1.82) is 0 Å². The van der Waals surface area contributed by atoms with E-state index < -0.39 is 0 Å². The van der Waals surface area contributed by atoms with Crippen LogP contribution in [0.15, 0.2) is 12.7 Å². The molecule has 0 bridgehead atoms. The van der Waals surface area contributed by atoms with E-state index in [1.54, 1.807) is 12.7 Å². The Labute approximate surface area is 72.0 Å². The van der Waals surface area contributed by atoms with Crippen LogP contribution in [0.2, 0.25) is 0 Å². The highest BCUT2D eigenvalue weighted by molar-refractivity contribution is 4.86. The van der Waals surface area contributed by atoms with Gasteiger partial charge >= 0.3 is 0 Å². The summed E-state index contributed by atoms with van der Waals surface area (Å²) in [6, 6.07) is 1.09. The third kappa shape index (κ3) is 1.22. The summed E-state index contributed by atoms with van der Waals surface area (Å²) >= 11 is 0. The Morgan fingerprint density at radius 2 is 2.42 bits per heavy atom. The van der Waals surface area contributed by atoms with Gasteiger partial charge in [-0.2, -0.15) is 5.10 Å². The van der Waals surface area contributed by atoms with Crippen LogP contribution in [0.1, 0.15) is 25.3 Å². The minimum Gasteiger partial charge on any atom is -0.315 e. The van der Waals surface area contributed by atoms with Gasteiger partial charge in [0.05, 0.1) is 6.04 Å². The third-order valence-electron chi connectivity index (χ3n) is 2.63. The van der Waals surface area contributed by atoms with E-state index in [1.165, 1.54) is 19.3 Å². The number of likely N-dealkylation sites (N-methyl/N-ethyl adjacent to an activating group) is 1. The van der Waals surface area contributed by atoms with Crippen LogP contribution < -0.4 is 5.32 Å². The molecule has 0 saturated heterocycles. The van der Waals surface area contributed by atoms with Crippen LogP contribution in [0.3, 0.4) is 0 Å². The summed E-state index contributed by atoms with van der Waals surface area (Å²) in [7, 11) is 2.01. The van der Waals surface area contributed by atoms with Gasteiger partial charge in [-0.1, -0.05) is 0 Å². The molecular weight excluding hydrogens is 152 g/mol. The zero-order chi connectivity index (χ0) is 8.39. The molecule has 2 atom stereocenters. The zero-order valence-electron chi connectivity index (χ0n) is 7.27. The molecule has 1 saturated carbocycles. The lowest BCUT2D eigenvalue weighted by Crippen LogP contribution is -2.31. The van der Waals surface area contributed by atoms with Crippen molar-refractivity contribution >= 4 is 0 Å². The molecule has 0 aliphatic heterocycles. The van der Waals surface area contributed by atoms with E-state index in [9.17, 15) is 0 Å². The summed E-state index contributed by atoms with van der Waals surface area (Å²) in [5.74, 6) is 0. The molecule has 1 aromatic heterocycles. The third-order valence-corrected chi connectivity index (χ3v) is 2.63. The number of hydrogen-bond acceptors (Lipinski definition) is 3. The molecule has 2 unspecified atom stereocenters. The van der Waals surface area contributed by atoms with Gasteiger partial charge in [-0.15, -0.1) is 0 Å². The molecule has 1 heterocycles. The fraction of sp³-hybridized carbons (Fsp3) is 0.750. The van der Waals surface area contributed by atoms with E-state index in [2.05, 4.69) is 15.4 Å². The molecule has 2 rings (SSSR count). The maximum absolute atomic E-state index is 4.16. The Morgan fingerprint density at radius 3 is 3.08 bits per heavy atom. The number of nitrogens with one attached hydrogen (secondary N) is 1. The molecule has 1 aromatic rings. The highest BCUT2D eigenvalue weighted by Crippen LogP contribution is 2.28. The van der Waals surface area contributed by atoms with E-state index in [4.69, 9.17) is 0 Å². The molecule has 4 nitrogen and oxygen atoms in total. The van der Waals surface area contributed by atoms with Crippen LogP contribution in [0.25, 0.3) is 0 Å². The number of nitrogens with zero attached hydrogens (tertiary/aromatic N) is 3. The molecule has 4 heteroatoms. The number of aromatic nitrogens is 3. The monoisotopic (exact) mass is 166 g/mol. The predicted octanol–water partition coefficient (Wildman–Crippen LogP) is 0.591. The molecule has 12 heavy (non-hydrogen) atoms. The predicted molar refractivity (Wildman–Crippen MR) is 45.8 cm³/mol. The first kappa shape index (κ1) is 7.73. The second-order valence-corrected chi connectivity index (χ2v) is 3.27. The van der Waals surface area contributed by atoms with Crippen LogP contribution in [-0.2, 0) is 0 Å². The van der Waals surface area contributed by atoms with Crippen molar-refractivity contribution in [2.24, 2.45) is 0 Å². The summed E-state index contributed by atoms with van der Waals surface area (Å²) in [6.45, 7) is 0. The molecule has 66 valence electrons. The van der Waals surface area contributed by atoms with Gasteiger partial charge in [0, 0.05) is 6.04 Å². The number of hydrogen-bond donors (Lipinski definition) is 1. The maximum atomic E-state index is 4.16. The fourth-order valence-electron chi connectivity index (χ4n) is 1.98. The fourth-order valence-corrected chi connectivity index (χ4v) is 1.98. The Kier molecular flexibility index (Phi) is 2.08. The lowest BCUT2D eigenvalue weighted by atomic mass is 10.2. The Hall–Kier alpha value is -0.900. The normalized spacial score (nSPS) is 29.4. The molecule has 0 aromatic carbocycles. The van der Waals surface area contributed by atoms with Crippen LogP contribution in [-0.4, -0.2) is 27.9 Å². The topological polar surface area (TPSA) is 42.7 Å². The van der Waals surface area contributed by atoms with Gasteiger partial charge in [-0.3, -0.25) is 0 Å². The van der Waals surface area contributed by atoms with Crippen molar-refractivity contribution in [2.75, 3.05) is 7.05 Å². The molecule has 1 N–H and O–H groups in total. The van der Waals surface area contributed by atoms with Gasteiger partial charge < -0.3 is 5.32 Å². The molecule has 1 aliphatic carbocycles. The van der Waals surface area contributed by atoms with E-state index in [0.717, 1.165) is 0 Å². The standard InChI is InChI=1S/C8H14N4/c1-9-7-3-2-4-8(7)12-6-10-5-11-12/h5-9H,2-4H2,1H3. The van der Waals surface area contributed by atoms with Gasteiger partial charge in [-0.05, 0) is 26.3 Å². The minimum atomic E-state index is 0.512. The first-order chi connectivity index (χ1) is 5.92. The largest absolute Gasteiger partial charge is 0.315 e. The lowest BCUT2D eigenvalue weighted by Gasteiger charge is -2.18. The van der Waals surface area contributed by atoms with E-state index in [1.807, 2.05) is 11.7 Å². The molecular formula is C8H14N4. The molecule has 1 aliphatic rings. The molecule has 0 radical (unpaired) electrons. The molecule has 0 spiro atoms. The minimum absolute atomic E-state index is 0.512. The van der Waals surface area contributed by atoms with Crippen molar-refractivity contribution in [3.8, 4) is 0 Å². The van der Waals surface area contributed by atoms with Crippen LogP contribution in [0.5, 0.6) is 0 Å². The SMILES string of the molecule is CNC1CCCC1n1cncn1. The van der Waals surface area contributed by atoms with Crippen molar-refractivity contribution in [3.05, 3.63) is 12.7 Å². The highest BCUT2D eigenvalue weighted by Gasteiger charge is 2.27. The van der Waals surface area contributed by atoms with Gasteiger partial charge in [0.25, 0.3) is 0 Å². The second kappa shape index (κ2) is 3.23. The lowest BCUT2D eigenvalue weighted by molar-refractivity contribution is 0.382. The summed E-state index contributed by atoms with van der Waals surface area (Å²) in [6.07, 6.45) is 7.16. The smallest absolute Gasteiger partial charge is 0.137 e. The summed E-state index contributed by atoms with van der Waals surface area (Å²) in [5, 5.41) is 7.48. The van der Waals surface area contributed by atoms with Crippen LogP contribution in [0.4, 0.5) is 0 Å². The molecule has 1 fully saturated rings.